The van der Waals surface area contributed by atoms with Crippen LogP contribution in [0.25, 0.3) is 0 Å². The lowest BCUT2D eigenvalue weighted by Crippen LogP contribution is -2.16. The van der Waals surface area contributed by atoms with Crippen LogP contribution in [0.1, 0.15) is 17.1 Å². The van der Waals surface area contributed by atoms with Gasteiger partial charge in [-0.3, -0.25) is 0 Å². The Morgan fingerprint density at radius 3 is 2.61 bits per heavy atom. The van der Waals surface area contributed by atoms with Gasteiger partial charge in [-0.15, -0.1) is 0 Å². The molecule has 0 saturated heterocycles. The van der Waals surface area contributed by atoms with E-state index in [-0.39, 0.29) is 0 Å². The number of furan rings is 1. The molecular formula is C15H19NOS. The molecule has 1 aromatic carbocycles. The van der Waals surface area contributed by atoms with E-state index in [1.54, 1.807) is 11.8 Å². The molecule has 1 N–H and O–H groups in total. The fourth-order valence-corrected chi connectivity index (χ4v) is 2.27. The van der Waals surface area contributed by atoms with Crippen LogP contribution in [0.3, 0.4) is 0 Å². The molecule has 0 aliphatic carbocycles. The van der Waals surface area contributed by atoms with Crippen molar-refractivity contribution < 1.29 is 4.42 Å². The highest BCUT2D eigenvalue weighted by Crippen LogP contribution is 2.13. The van der Waals surface area contributed by atoms with Crippen LogP contribution in [0.5, 0.6) is 0 Å². The Morgan fingerprint density at radius 1 is 1.06 bits per heavy atom. The van der Waals surface area contributed by atoms with Crippen molar-refractivity contribution in [3.63, 3.8) is 0 Å². The first-order valence-corrected chi connectivity index (χ1v) is 7.59. The summed E-state index contributed by atoms with van der Waals surface area (Å²) in [4.78, 5) is 0. The molecule has 1 heterocycles. The minimum atomic E-state index is 0.807. The standard InChI is InChI=1S/C15H19NOS/c1-18-12-15-8-7-14(17-15)11-16-10-9-13-5-3-2-4-6-13/h2-8,16H,9-12H2,1H3. The molecule has 0 atom stereocenters. The Kier molecular flexibility index (Phi) is 5.36. The van der Waals surface area contributed by atoms with Crippen molar-refractivity contribution in [2.24, 2.45) is 0 Å². The second-order valence-corrected chi connectivity index (χ2v) is 5.08. The molecule has 2 aromatic rings. The topological polar surface area (TPSA) is 25.2 Å². The molecule has 96 valence electrons. The van der Waals surface area contributed by atoms with Crippen molar-refractivity contribution in [1.82, 2.24) is 5.32 Å². The highest BCUT2D eigenvalue weighted by molar-refractivity contribution is 7.97. The number of rotatable bonds is 7. The van der Waals surface area contributed by atoms with Gasteiger partial charge in [0.1, 0.15) is 11.5 Å². The maximum Gasteiger partial charge on any atom is 0.117 e. The fourth-order valence-electron chi connectivity index (χ4n) is 1.83. The quantitative estimate of drug-likeness (QED) is 0.773. The molecular weight excluding hydrogens is 242 g/mol. The number of nitrogens with one attached hydrogen (secondary N) is 1. The van der Waals surface area contributed by atoms with Crippen LogP contribution in [-0.4, -0.2) is 12.8 Å². The summed E-state index contributed by atoms with van der Waals surface area (Å²) in [6.07, 6.45) is 3.14. The fraction of sp³-hybridized carbons (Fsp3) is 0.333. The molecule has 0 unspecified atom stereocenters. The molecule has 0 bridgehead atoms. The number of thioether (sulfide) groups is 1. The third-order valence-corrected chi connectivity index (χ3v) is 3.31. The summed E-state index contributed by atoms with van der Waals surface area (Å²) in [5, 5.41) is 3.41. The normalized spacial score (nSPS) is 10.7. The first-order valence-electron chi connectivity index (χ1n) is 6.19. The van der Waals surface area contributed by atoms with Crippen LogP contribution in [-0.2, 0) is 18.7 Å². The second kappa shape index (κ2) is 7.29. The van der Waals surface area contributed by atoms with Crippen molar-refractivity contribution in [2.75, 3.05) is 12.8 Å². The maximum absolute atomic E-state index is 5.69. The predicted octanol–water partition coefficient (Wildman–Crippen LogP) is 3.47. The highest BCUT2D eigenvalue weighted by atomic mass is 32.2. The number of benzene rings is 1. The van der Waals surface area contributed by atoms with Gasteiger partial charge in [0, 0.05) is 0 Å². The van der Waals surface area contributed by atoms with E-state index in [0.717, 1.165) is 36.8 Å². The van der Waals surface area contributed by atoms with Crippen LogP contribution >= 0.6 is 11.8 Å². The van der Waals surface area contributed by atoms with E-state index >= 15 is 0 Å². The summed E-state index contributed by atoms with van der Waals surface area (Å²) in [5.74, 6) is 3.03. The molecule has 0 spiro atoms. The van der Waals surface area contributed by atoms with E-state index in [0.29, 0.717) is 0 Å². The molecule has 1 aromatic heterocycles. The molecule has 0 amide bonds. The Labute approximate surface area is 113 Å². The van der Waals surface area contributed by atoms with Gasteiger partial charge in [0.25, 0.3) is 0 Å². The van der Waals surface area contributed by atoms with Crippen LogP contribution in [0.15, 0.2) is 46.9 Å². The van der Waals surface area contributed by atoms with Gasteiger partial charge >= 0.3 is 0 Å². The zero-order valence-electron chi connectivity index (χ0n) is 10.7. The molecule has 2 nitrogen and oxygen atoms in total. The van der Waals surface area contributed by atoms with Crippen LogP contribution < -0.4 is 5.32 Å². The average Bonchev–Trinajstić information content (AvgIpc) is 2.84. The lowest BCUT2D eigenvalue weighted by atomic mass is 10.1. The largest absolute Gasteiger partial charge is 0.464 e. The first-order chi connectivity index (χ1) is 8.88. The third kappa shape index (κ3) is 4.24. The zero-order valence-corrected chi connectivity index (χ0v) is 11.5. The molecule has 0 fully saturated rings. The Hall–Kier alpha value is -1.19. The molecule has 3 heteroatoms. The minimum Gasteiger partial charge on any atom is -0.464 e. The number of hydrogen-bond donors (Lipinski definition) is 1. The summed E-state index contributed by atoms with van der Waals surface area (Å²) in [6.45, 7) is 1.78. The van der Waals surface area contributed by atoms with Crippen LogP contribution in [0.4, 0.5) is 0 Å². The van der Waals surface area contributed by atoms with Gasteiger partial charge in [-0.25, -0.2) is 0 Å². The summed E-state index contributed by atoms with van der Waals surface area (Å²) in [5.41, 5.74) is 1.37. The molecule has 0 saturated carbocycles. The highest BCUT2D eigenvalue weighted by Gasteiger charge is 2.00. The predicted molar refractivity (Wildman–Crippen MR) is 77.8 cm³/mol. The second-order valence-electron chi connectivity index (χ2n) is 4.21. The lowest BCUT2D eigenvalue weighted by Gasteiger charge is -2.03. The Balaban J connectivity index is 1.68. The van der Waals surface area contributed by atoms with Crippen molar-refractivity contribution in [3.05, 3.63) is 59.5 Å². The van der Waals surface area contributed by atoms with Crippen molar-refractivity contribution in [1.29, 1.82) is 0 Å². The van der Waals surface area contributed by atoms with Crippen LogP contribution in [0, 0.1) is 0 Å². The van der Waals surface area contributed by atoms with Gasteiger partial charge in [0.2, 0.25) is 0 Å². The lowest BCUT2D eigenvalue weighted by molar-refractivity contribution is 0.460. The average molecular weight is 261 g/mol. The summed E-state index contributed by atoms with van der Waals surface area (Å²) in [7, 11) is 0. The zero-order chi connectivity index (χ0) is 12.6. The van der Waals surface area contributed by atoms with E-state index in [1.807, 2.05) is 6.07 Å². The molecule has 0 aliphatic rings. The Bertz CT molecular complexity index is 453. The third-order valence-electron chi connectivity index (χ3n) is 2.74. The molecule has 0 aliphatic heterocycles. The van der Waals surface area contributed by atoms with Gasteiger partial charge in [-0.2, -0.15) is 11.8 Å². The molecule has 18 heavy (non-hydrogen) atoms. The molecule has 0 radical (unpaired) electrons. The van der Waals surface area contributed by atoms with Crippen molar-refractivity contribution in [3.8, 4) is 0 Å². The van der Waals surface area contributed by atoms with Gasteiger partial charge in [0.05, 0.1) is 12.3 Å². The van der Waals surface area contributed by atoms with Crippen molar-refractivity contribution >= 4 is 11.8 Å². The number of hydrogen-bond acceptors (Lipinski definition) is 3. The van der Waals surface area contributed by atoms with Crippen LogP contribution in [0.2, 0.25) is 0 Å². The van der Waals surface area contributed by atoms with Gasteiger partial charge < -0.3 is 9.73 Å². The van der Waals surface area contributed by atoms with E-state index in [9.17, 15) is 0 Å². The van der Waals surface area contributed by atoms with Crippen molar-refractivity contribution in [2.45, 2.75) is 18.7 Å². The van der Waals surface area contributed by atoms with Gasteiger partial charge in [0.15, 0.2) is 0 Å². The van der Waals surface area contributed by atoms with Gasteiger partial charge in [-0.1, -0.05) is 30.3 Å². The monoisotopic (exact) mass is 261 g/mol. The summed E-state index contributed by atoms with van der Waals surface area (Å²) < 4.78 is 5.69. The van der Waals surface area contributed by atoms with Gasteiger partial charge in [-0.05, 0) is 36.9 Å². The summed E-state index contributed by atoms with van der Waals surface area (Å²) in [6, 6.07) is 14.6. The first kappa shape index (κ1) is 13.2. The maximum atomic E-state index is 5.69. The smallest absolute Gasteiger partial charge is 0.117 e. The molecule has 2 rings (SSSR count). The summed E-state index contributed by atoms with van der Waals surface area (Å²) >= 11 is 1.78. The van der Waals surface area contributed by atoms with E-state index in [4.69, 9.17) is 4.42 Å². The SMILES string of the molecule is CSCc1ccc(CNCCc2ccccc2)o1. The van der Waals surface area contributed by atoms with E-state index in [1.165, 1.54) is 5.56 Å². The Morgan fingerprint density at radius 2 is 1.83 bits per heavy atom. The van der Waals surface area contributed by atoms with E-state index < -0.39 is 0 Å². The minimum absolute atomic E-state index is 0.807. The van der Waals surface area contributed by atoms with E-state index in [2.05, 4.69) is 48.0 Å².